The van der Waals surface area contributed by atoms with Crippen molar-refractivity contribution in [1.82, 2.24) is 0 Å². The van der Waals surface area contributed by atoms with Gasteiger partial charge in [-0.3, -0.25) is 24.6 Å². The van der Waals surface area contributed by atoms with E-state index in [0.717, 1.165) is 12.1 Å². The molecule has 8 nitrogen and oxygen atoms in total. The Morgan fingerprint density at radius 1 is 1.35 bits per heavy atom. The average Bonchev–Trinajstić information content (AvgIpc) is 2.59. The number of fused-ring (bicyclic) bond motifs is 1. The predicted octanol–water partition coefficient (Wildman–Crippen LogP) is 2.75. The van der Waals surface area contributed by atoms with Gasteiger partial charge in [-0.05, 0) is 30.3 Å². The Morgan fingerprint density at radius 2 is 2.12 bits per heavy atom. The molecule has 1 aliphatic rings. The van der Waals surface area contributed by atoms with Crippen LogP contribution in [-0.2, 0) is 9.59 Å². The molecule has 0 unspecified atom stereocenters. The van der Waals surface area contributed by atoms with E-state index in [1.807, 2.05) is 0 Å². The Hall–Kier alpha value is -3.20. The zero-order valence-electron chi connectivity index (χ0n) is 13.1. The molecule has 0 saturated carbocycles. The molecule has 0 bridgehead atoms. The molecule has 0 spiro atoms. The van der Waals surface area contributed by atoms with E-state index in [4.69, 9.17) is 16.3 Å². The lowest BCUT2D eigenvalue weighted by Crippen LogP contribution is -2.43. The minimum Gasteiger partial charge on any atom is -0.482 e. The van der Waals surface area contributed by atoms with E-state index in [1.54, 1.807) is 12.1 Å². The number of nitro benzene ring substituents is 1. The van der Waals surface area contributed by atoms with Crippen LogP contribution in [0.1, 0.15) is 0 Å². The van der Waals surface area contributed by atoms with E-state index in [-0.39, 0.29) is 18.8 Å². The molecular weight excluding hydrogens is 369 g/mol. The van der Waals surface area contributed by atoms with Gasteiger partial charge in [-0.25, -0.2) is 0 Å². The maximum atomic E-state index is 13.4. The Morgan fingerprint density at radius 3 is 2.85 bits per heavy atom. The van der Waals surface area contributed by atoms with Gasteiger partial charge in [0.15, 0.2) is 6.61 Å². The summed E-state index contributed by atoms with van der Waals surface area (Å²) in [5, 5.41) is 13.5. The number of carbonyl (C=O) groups is 2. The van der Waals surface area contributed by atoms with E-state index >= 15 is 0 Å². The van der Waals surface area contributed by atoms with Gasteiger partial charge in [-0.15, -0.1) is 0 Å². The molecule has 10 heteroatoms. The second-order valence-electron chi connectivity index (χ2n) is 5.35. The molecule has 1 aliphatic heterocycles. The maximum Gasteiger partial charge on any atom is 0.306 e. The SMILES string of the molecule is O=C(CN1C(=O)COc2ccc(Cl)cc21)Nc1ccc(F)c([N+](=O)[O-])c1. The molecule has 2 aromatic rings. The summed E-state index contributed by atoms with van der Waals surface area (Å²) in [5.41, 5.74) is -0.383. The number of amides is 2. The minimum atomic E-state index is -1.01. The highest BCUT2D eigenvalue weighted by molar-refractivity contribution is 6.31. The van der Waals surface area contributed by atoms with Gasteiger partial charge in [-0.2, -0.15) is 4.39 Å². The van der Waals surface area contributed by atoms with E-state index in [0.29, 0.717) is 16.5 Å². The zero-order chi connectivity index (χ0) is 18.8. The van der Waals surface area contributed by atoms with Crippen LogP contribution >= 0.6 is 11.6 Å². The van der Waals surface area contributed by atoms with Crippen molar-refractivity contribution in [3.05, 3.63) is 57.4 Å². The van der Waals surface area contributed by atoms with Gasteiger partial charge in [-0.1, -0.05) is 11.6 Å². The third-order valence-corrected chi connectivity index (χ3v) is 3.83. The first-order chi connectivity index (χ1) is 12.3. The molecule has 2 aromatic carbocycles. The molecule has 0 aromatic heterocycles. The molecule has 0 fully saturated rings. The van der Waals surface area contributed by atoms with Crippen LogP contribution in [0, 0.1) is 15.9 Å². The molecule has 1 heterocycles. The number of rotatable bonds is 4. The number of halogens is 2. The third-order valence-electron chi connectivity index (χ3n) is 3.59. The topological polar surface area (TPSA) is 102 Å². The average molecular weight is 380 g/mol. The van der Waals surface area contributed by atoms with Gasteiger partial charge >= 0.3 is 5.69 Å². The summed E-state index contributed by atoms with van der Waals surface area (Å²) in [6.45, 7) is -0.593. The number of anilines is 2. The third kappa shape index (κ3) is 3.57. The Bertz CT molecular complexity index is 921. The molecule has 0 saturated heterocycles. The first kappa shape index (κ1) is 17.6. The highest BCUT2D eigenvalue weighted by atomic mass is 35.5. The smallest absolute Gasteiger partial charge is 0.306 e. The summed E-state index contributed by atoms with van der Waals surface area (Å²) in [5.74, 6) is -1.67. The summed E-state index contributed by atoms with van der Waals surface area (Å²) in [7, 11) is 0. The summed E-state index contributed by atoms with van der Waals surface area (Å²) in [6, 6.07) is 7.63. The van der Waals surface area contributed by atoms with Crippen LogP contribution in [-0.4, -0.2) is 29.9 Å². The number of nitrogens with one attached hydrogen (secondary N) is 1. The summed E-state index contributed by atoms with van der Waals surface area (Å²) < 4.78 is 18.6. The van der Waals surface area contributed by atoms with Gasteiger partial charge in [0.2, 0.25) is 11.7 Å². The fourth-order valence-corrected chi connectivity index (χ4v) is 2.59. The van der Waals surface area contributed by atoms with Crippen molar-refractivity contribution in [3.63, 3.8) is 0 Å². The van der Waals surface area contributed by atoms with Crippen molar-refractivity contribution in [3.8, 4) is 5.75 Å². The molecule has 26 heavy (non-hydrogen) atoms. The van der Waals surface area contributed by atoms with Gasteiger partial charge < -0.3 is 10.1 Å². The van der Waals surface area contributed by atoms with Crippen LogP contribution in [0.2, 0.25) is 5.02 Å². The standard InChI is InChI=1S/C16H11ClFN3O5/c17-9-1-4-14-13(5-9)20(16(23)8-26-14)7-15(22)19-10-2-3-11(18)12(6-10)21(24)25/h1-6H,7-8H2,(H,19,22). The molecule has 3 rings (SSSR count). The molecule has 1 N–H and O–H groups in total. The monoisotopic (exact) mass is 379 g/mol. The number of nitrogens with zero attached hydrogens (tertiary/aromatic N) is 2. The van der Waals surface area contributed by atoms with E-state index in [1.165, 1.54) is 17.0 Å². The van der Waals surface area contributed by atoms with Crippen molar-refractivity contribution in [1.29, 1.82) is 0 Å². The van der Waals surface area contributed by atoms with E-state index in [2.05, 4.69) is 5.32 Å². The van der Waals surface area contributed by atoms with Crippen LogP contribution in [0.4, 0.5) is 21.5 Å². The van der Waals surface area contributed by atoms with E-state index < -0.39 is 28.2 Å². The van der Waals surface area contributed by atoms with E-state index in [9.17, 15) is 24.1 Å². The largest absolute Gasteiger partial charge is 0.482 e. The van der Waals surface area contributed by atoms with Gasteiger partial charge in [0.1, 0.15) is 12.3 Å². The Labute approximate surface area is 151 Å². The molecular formula is C16H11ClFN3O5. The van der Waals surface area contributed by atoms with Crippen molar-refractivity contribution in [2.75, 3.05) is 23.4 Å². The van der Waals surface area contributed by atoms with Gasteiger partial charge in [0, 0.05) is 16.8 Å². The van der Waals surface area contributed by atoms with Crippen molar-refractivity contribution in [2.24, 2.45) is 0 Å². The van der Waals surface area contributed by atoms with Crippen molar-refractivity contribution >= 4 is 40.5 Å². The van der Waals surface area contributed by atoms with Crippen LogP contribution in [0.3, 0.4) is 0 Å². The predicted molar refractivity (Wildman–Crippen MR) is 91.0 cm³/mol. The highest BCUT2D eigenvalue weighted by Crippen LogP contribution is 2.34. The lowest BCUT2D eigenvalue weighted by molar-refractivity contribution is -0.387. The second-order valence-corrected chi connectivity index (χ2v) is 5.79. The summed E-state index contributed by atoms with van der Waals surface area (Å²) in [6.07, 6.45) is 0. The van der Waals surface area contributed by atoms with Gasteiger partial charge in [0.05, 0.1) is 10.6 Å². The molecule has 0 aliphatic carbocycles. The normalized spacial score (nSPS) is 13.0. The maximum absolute atomic E-state index is 13.4. The number of ether oxygens (including phenoxy) is 1. The van der Waals surface area contributed by atoms with Crippen LogP contribution in [0.5, 0.6) is 5.75 Å². The molecule has 134 valence electrons. The number of benzene rings is 2. The first-order valence-electron chi connectivity index (χ1n) is 7.31. The van der Waals surface area contributed by atoms with Gasteiger partial charge in [0.25, 0.3) is 5.91 Å². The lowest BCUT2D eigenvalue weighted by Gasteiger charge is -2.29. The van der Waals surface area contributed by atoms with Crippen LogP contribution in [0.25, 0.3) is 0 Å². The lowest BCUT2D eigenvalue weighted by atomic mass is 10.2. The number of nitro groups is 1. The van der Waals surface area contributed by atoms with Crippen molar-refractivity contribution in [2.45, 2.75) is 0 Å². The summed E-state index contributed by atoms with van der Waals surface area (Å²) in [4.78, 5) is 35.4. The summed E-state index contributed by atoms with van der Waals surface area (Å²) >= 11 is 5.92. The Kier molecular flexibility index (Phi) is 4.72. The van der Waals surface area contributed by atoms with Crippen LogP contribution in [0.15, 0.2) is 36.4 Å². The number of carbonyl (C=O) groups excluding carboxylic acids is 2. The molecule has 0 atom stereocenters. The quantitative estimate of drug-likeness (QED) is 0.650. The molecule has 2 amide bonds. The fourth-order valence-electron chi connectivity index (χ4n) is 2.42. The highest BCUT2D eigenvalue weighted by Gasteiger charge is 2.27. The Balaban J connectivity index is 1.79. The van der Waals surface area contributed by atoms with Crippen molar-refractivity contribution < 1.29 is 23.6 Å². The number of hydrogen-bond donors (Lipinski definition) is 1. The number of hydrogen-bond acceptors (Lipinski definition) is 5. The minimum absolute atomic E-state index is 0.0372. The first-order valence-corrected chi connectivity index (χ1v) is 7.69. The fraction of sp³-hybridized carbons (Fsp3) is 0.125. The zero-order valence-corrected chi connectivity index (χ0v) is 13.8. The second kappa shape index (κ2) is 6.96. The molecule has 0 radical (unpaired) electrons. The van der Waals surface area contributed by atoms with Crippen LogP contribution < -0.4 is 15.0 Å².